The lowest BCUT2D eigenvalue weighted by molar-refractivity contribution is -0.156. The molecule has 3 atom stereocenters. The molecule has 33 heavy (non-hydrogen) atoms. The number of carbonyl (C=O) groups excluding carboxylic acids is 4. The molecule has 0 N–H and O–H groups in total. The van der Waals surface area contributed by atoms with Gasteiger partial charge in [-0.15, -0.1) is 0 Å². The molecule has 4 rings (SSSR count). The minimum Gasteiger partial charge on any atom is -0.292 e. The van der Waals surface area contributed by atoms with Crippen LogP contribution in [0.1, 0.15) is 47.4 Å². The molecular weight excluding hydrogens is 463 g/mol. The van der Waals surface area contributed by atoms with Crippen molar-refractivity contribution in [2.75, 3.05) is 0 Å². The number of hydrogen-bond acceptors (Lipinski definition) is 4. The standard InChI is InChI=1S/C25H22Cl2N2O4/c1-14-3-12-20-21(13-14)25(33)29(24(20)32)28(23(31)17-6-10-19(27)11-7-17)15(2)22(30)16-4-8-18(26)9-5-16/h3-11,15,20-21H,12-13H2,1-2H3/t15-,20+,21+/m1/s1. The average molecular weight is 485 g/mol. The molecule has 0 radical (unpaired) electrons. The van der Waals surface area contributed by atoms with Crippen LogP contribution in [0.5, 0.6) is 0 Å². The van der Waals surface area contributed by atoms with Crippen molar-refractivity contribution in [3.63, 3.8) is 0 Å². The van der Waals surface area contributed by atoms with E-state index >= 15 is 0 Å². The SMILES string of the molecule is CC1=CC[C@@H]2C(=O)N(N(C(=O)c3ccc(Cl)cc3)[C@H](C)C(=O)c3ccc(Cl)cc3)C(=O)[C@H]2C1. The van der Waals surface area contributed by atoms with Crippen LogP contribution in [0, 0.1) is 11.8 Å². The van der Waals surface area contributed by atoms with E-state index in [1.165, 1.54) is 19.1 Å². The monoisotopic (exact) mass is 484 g/mol. The van der Waals surface area contributed by atoms with Crippen molar-refractivity contribution in [2.45, 2.75) is 32.7 Å². The van der Waals surface area contributed by atoms with Crippen LogP contribution in [0.4, 0.5) is 0 Å². The van der Waals surface area contributed by atoms with E-state index in [0.717, 1.165) is 15.6 Å². The number of benzene rings is 2. The number of hydrogen-bond donors (Lipinski definition) is 0. The molecule has 0 saturated carbocycles. The van der Waals surface area contributed by atoms with Gasteiger partial charge in [-0.25, -0.2) is 5.01 Å². The number of hydrazine groups is 1. The maximum Gasteiger partial charge on any atom is 0.273 e. The van der Waals surface area contributed by atoms with Gasteiger partial charge >= 0.3 is 0 Å². The van der Waals surface area contributed by atoms with Crippen molar-refractivity contribution < 1.29 is 19.2 Å². The minimum atomic E-state index is -1.11. The van der Waals surface area contributed by atoms with E-state index < -0.39 is 41.4 Å². The van der Waals surface area contributed by atoms with Gasteiger partial charge in [0.1, 0.15) is 6.04 Å². The van der Waals surface area contributed by atoms with Crippen LogP contribution in [0.25, 0.3) is 0 Å². The first-order valence-electron chi connectivity index (χ1n) is 10.6. The fraction of sp³-hybridized carbons (Fsp3) is 0.280. The Bertz CT molecular complexity index is 1160. The summed E-state index contributed by atoms with van der Waals surface area (Å²) in [5.41, 5.74) is 1.55. The van der Waals surface area contributed by atoms with E-state index in [0.29, 0.717) is 28.5 Å². The van der Waals surface area contributed by atoms with Crippen molar-refractivity contribution >= 4 is 46.7 Å². The molecule has 0 unspecified atom stereocenters. The zero-order valence-electron chi connectivity index (χ0n) is 18.1. The maximum atomic E-state index is 13.6. The van der Waals surface area contributed by atoms with Gasteiger partial charge in [0.25, 0.3) is 17.7 Å². The summed E-state index contributed by atoms with van der Waals surface area (Å²) in [4.78, 5) is 53.6. The fourth-order valence-corrected chi connectivity index (χ4v) is 4.62. The summed E-state index contributed by atoms with van der Waals surface area (Å²) >= 11 is 11.9. The zero-order valence-corrected chi connectivity index (χ0v) is 19.6. The molecule has 2 aliphatic rings. The number of allylic oxidation sites excluding steroid dienone is 2. The van der Waals surface area contributed by atoms with Crippen LogP contribution in [-0.4, -0.2) is 39.6 Å². The van der Waals surface area contributed by atoms with Crippen LogP contribution < -0.4 is 0 Å². The van der Waals surface area contributed by atoms with Crippen molar-refractivity contribution in [3.8, 4) is 0 Å². The first kappa shape index (κ1) is 23.2. The van der Waals surface area contributed by atoms with E-state index in [-0.39, 0.29) is 5.56 Å². The minimum absolute atomic E-state index is 0.208. The van der Waals surface area contributed by atoms with Crippen LogP contribution in [0.3, 0.4) is 0 Å². The number of ketones is 1. The molecule has 1 fully saturated rings. The number of carbonyl (C=O) groups is 4. The number of rotatable bonds is 5. The van der Waals surface area contributed by atoms with Gasteiger partial charge in [-0.05, 0) is 75.2 Å². The predicted octanol–water partition coefficient (Wildman–Crippen LogP) is 4.96. The summed E-state index contributed by atoms with van der Waals surface area (Å²) in [7, 11) is 0. The summed E-state index contributed by atoms with van der Waals surface area (Å²) < 4.78 is 0. The topological polar surface area (TPSA) is 74.8 Å². The molecule has 2 aromatic carbocycles. The lowest BCUT2D eigenvalue weighted by atomic mass is 9.82. The molecule has 2 aromatic rings. The molecule has 1 heterocycles. The molecule has 0 bridgehead atoms. The molecule has 6 nitrogen and oxygen atoms in total. The summed E-state index contributed by atoms with van der Waals surface area (Å²) in [5, 5.41) is 2.78. The number of amides is 3. The normalized spacial score (nSPS) is 20.8. The Balaban J connectivity index is 1.74. The Morgan fingerprint density at radius 2 is 1.42 bits per heavy atom. The first-order chi connectivity index (χ1) is 15.7. The van der Waals surface area contributed by atoms with Crippen molar-refractivity contribution in [3.05, 3.63) is 81.4 Å². The van der Waals surface area contributed by atoms with Crippen LogP contribution >= 0.6 is 23.2 Å². The molecule has 0 spiro atoms. The highest BCUT2D eigenvalue weighted by molar-refractivity contribution is 6.31. The third-order valence-corrected chi connectivity index (χ3v) is 6.69. The van der Waals surface area contributed by atoms with E-state index in [9.17, 15) is 19.2 Å². The molecular formula is C25H22Cl2N2O4. The quantitative estimate of drug-likeness (QED) is 0.341. The molecule has 3 amide bonds. The molecule has 8 heteroatoms. The Morgan fingerprint density at radius 3 is 2.00 bits per heavy atom. The van der Waals surface area contributed by atoms with Crippen molar-refractivity contribution in [1.29, 1.82) is 0 Å². The van der Waals surface area contributed by atoms with Crippen LogP contribution in [0.2, 0.25) is 10.0 Å². The third-order valence-electron chi connectivity index (χ3n) is 6.19. The second kappa shape index (κ2) is 9.12. The Kier molecular flexibility index (Phi) is 6.41. The highest BCUT2D eigenvalue weighted by Crippen LogP contribution is 2.39. The molecule has 0 aromatic heterocycles. The van der Waals surface area contributed by atoms with Gasteiger partial charge in [0, 0.05) is 21.2 Å². The number of nitrogens with zero attached hydrogens (tertiary/aromatic N) is 2. The Labute approximate surface area is 201 Å². The van der Waals surface area contributed by atoms with Gasteiger partial charge in [0.2, 0.25) is 0 Å². The van der Waals surface area contributed by atoms with Crippen LogP contribution in [-0.2, 0) is 9.59 Å². The first-order valence-corrected chi connectivity index (χ1v) is 11.4. The Hall–Kier alpha value is -2.96. The molecule has 1 saturated heterocycles. The second-order valence-electron chi connectivity index (χ2n) is 8.40. The van der Waals surface area contributed by atoms with Gasteiger partial charge in [0.15, 0.2) is 5.78 Å². The highest BCUT2D eigenvalue weighted by atomic mass is 35.5. The number of halogens is 2. The lowest BCUT2D eigenvalue weighted by Crippen LogP contribution is -2.56. The number of Topliss-reactive ketones (excluding diaryl/α,β-unsaturated/α-hetero) is 1. The largest absolute Gasteiger partial charge is 0.292 e. The summed E-state index contributed by atoms with van der Waals surface area (Å²) in [5.74, 6) is -3.06. The lowest BCUT2D eigenvalue weighted by Gasteiger charge is -2.34. The Morgan fingerprint density at radius 1 is 0.909 bits per heavy atom. The third kappa shape index (κ3) is 4.33. The smallest absolute Gasteiger partial charge is 0.273 e. The zero-order chi connectivity index (χ0) is 23.9. The van der Waals surface area contributed by atoms with Gasteiger partial charge in [0.05, 0.1) is 11.8 Å². The van der Waals surface area contributed by atoms with Gasteiger partial charge in [-0.1, -0.05) is 34.9 Å². The van der Waals surface area contributed by atoms with E-state index in [2.05, 4.69) is 0 Å². The van der Waals surface area contributed by atoms with Gasteiger partial charge in [-0.3, -0.25) is 19.2 Å². The fourth-order valence-electron chi connectivity index (χ4n) is 4.36. The summed E-state index contributed by atoms with van der Waals surface area (Å²) in [6, 6.07) is 11.2. The summed E-state index contributed by atoms with van der Waals surface area (Å²) in [6.45, 7) is 3.43. The van der Waals surface area contributed by atoms with E-state index in [1.807, 2.05) is 13.0 Å². The maximum absolute atomic E-state index is 13.6. The summed E-state index contributed by atoms with van der Waals surface area (Å²) in [6.07, 6.45) is 2.83. The van der Waals surface area contributed by atoms with Gasteiger partial charge in [-0.2, -0.15) is 5.01 Å². The highest BCUT2D eigenvalue weighted by Gasteiger charge is 2.53. The van der Waals surface area contributed by atoms with Crippen molar-refractivity contribution in [1.82, 2.24) is 10.0 Å². The second-order valence-corrected chi connectivity index (χ2v) is 9.27. The number of fused-ring (bicyclic) bond motifs is 1. The van der Waals surface area contributed by atoms with Crippen molar-refractivity contribution in [2.24, 2.45) is 11.8 Å². The molecule has 1 aliphatic carbocycles. The van der Waals surface area contributed by atoms with E-state index in [1.54, 1.807) is 36.4 Å². The predicted molar refractivity (Wildman–Crippen MR) is 125 cm³/mol. The van der Waals surface area contributed by atoms with Crippen LogP contribution in [0.15, 0.2) is 60.2 Å². The van der Waals surface area contributed by atoms with Gasteiger partial charge < -0.3 is 0 Å². The average Bonchev–Trinajstić information content (AvgIpc) is 3.04. The molecule has 170 valence electrons. The number of imide groups is 1. The van der Waals surface area contributed by atoms with E-state index in [4.69, 9.17) is 23.2 Å². The molecule has 1 aliphatic heterocycles.